The second-order valence-corrected chi connectivity index (χ2v) is 3.80. The minimum atomic E-state index is -0.0616. The maximum absolute atomic E-state index is 11.4. The summed E-state index contributed by atoms with van der Waals surface area (Å²) in [6.45, 7) is 0. The van der Waals surface area contributed by atoms with Crippen molar-refractivity contribution in [1.29, 1.82) is 0 Å². The number of nitrogens with zero attached hydrogens (tertiary/aromatic N) is 2. The predicted molar refractivity (Wildman–Crippen MR) is 55.0 cm³/mol. The number of hydrogen-bond donors (Lipinski definition) is 0. The van der Waals surface area contributed by atoms with Gasteiger partial charge in [-0.25, -0.2) is 0 Å². The fraction of sp³-hybridized carbons (Fsp3) is 0.250. The van der Waals surface area contributed by atoms with Gasteiger partial charge in [-0.3, -0.25) is 9.78 Å². The first-order valence-electron chi connectivity index (χ1n) is 3.44. The van der Waals surface area contributed by atoms with E-state index in [-0.39, 0.29) is 5.91 Å². The summed E-state index contributed by atoms with van der Waals surface area (Å²) in [4.78, 5) is 16.8. The number of aromatic nitrogens is 1. The molecule has 1 aromatic rings. The third-order valence-corrected chi connectivity index (χ3v) is 2.02. The fourth-order valence-electron chi connectivity index (χ4n) is 0.751. The molecule has 1 heterocycles. The molecule has 1 aromatic heterocycles. The van der Waals surface area contributed by atoms with Crippen LogP contribution in [0.3, 0.4) is 0 Å². The van der Waals surface area contributed by atoms with Gasteiger partial charge in [0.25, 0.3) is 5.91 Å². The normalized spacial score (nSPS) is 9.58. The van der Waals surface area contributed by atoms with Gasteiger partial charge in [0.05, 0.1) is 0 Å². The molecule has 0 saturated heterocycles. The highest BCUT2D eigenvalue weighted by atomic mass is 127. The van der Waals surface area contributed by atoms with Crippen molar-refractivity contribution in [3.05, 3.63) is 27.6 Å². The van der Waals surface area contributed by atoms with Crippen LogP contribution in [0.2, 0.25) is 0 Å². The lowest BCUT2D eigenvalue weighted by molar-refractivity contribution is 0.0822. The number of rotatable bonds is 1. The summed E-state index contributed by atoms with van der Waals surface area (Å²) in [5.74, 6) is -0.0616. The van der Waals surface area contributed by atoms with Crippen LogP contribution in [0.1, 0.15) is 10.5 Å². The summed E-state index contributed by atoms with van der Waals surface area (Å²) in [5, 5.41) is 0. The lowest BCUT2D eigenvalue weighted by atomic mass is 10.3. The third kappa shape index (κ3) is 2.17. The highest BCUT2D eigenvalue weighted by Gasteiger charge is 2.08. The van der Waals surface area contributed by atoms with Crippen LogP contribution >= 0.6 is 22.6 Å². The molecule has 0 bridgehead atoms. The Hall–Kier alpha value is -0.650. The second kappa shape index (κ2) is 3.84. The largest absolute Gasteiger partial charge is 0.343 e. The van der Waals surface area contributed by atoms with Crippen LogP contribution in [0.25, 0.3) is 0 Å². The topological polar surface area (TPSA) is 33.2 Å². The van der Waals surface area contributed by atoms with E-state index in [0.717, 1.165) is 3.57 Å². The predicted octanol–water partition coefficient (Wildman–Crippen LogP) is 1.39. The van der Waals surface area contributed by atoms with E-state index in [1.807, 2.05) is 6.07 Å². The van der Waals surface area contributed by atoms with Crippen molar-refractivity contribution in [3.8, 4) is 0 Å². The van der Waals surface area contributed by atoms with E-state index >= 15 is 0 Å². The van der Waals surface area contributed by atoms with E-state index in [9.17, 15) is 4.79 Å². The Balaban J connectivity index is 2.96. The Labute approximate surface area is 84.9 Å². The van der Waals surface area contributed by atoms with E-state index in [1.165, 1.54) is 4.90 Å². The third-order valence-electron chi connectivity index (χ3n) is 1.35. The quantitative estimate of drug-likeness (QED) is 0.726. The molecule has 0 N–H and O–H groups in total. The minimum Gasteiger partial charge on any atom is -0.343 e. The molecule has 3 nitrogen and oxygen atoms in total. The molecule has 12 heavy (non-hydrogen) atoms. The molecule has 0 aliphatic heterocycles. The molecule has 4 heteroatoms. The maximum atomic E-state index is 11.4. The van der Waals surface area contributed by atoms with E-state index in [4.69, 9.17) is 0 Å². The zero-order valence-corrected chi connectivity index (χ0v) is 9.07. The van der Waals surface area contributed by atoms with Crippen molar-refractivity contribution in [2.45, 2.75) is 0 Å². The van der Waals surface area contributed by atoms with Gasteiger partial charge in [0, 0.05) is 23.9 Å². The Bertz CT molecular complexity index is 299. The lowest BCUT2D eigenvalue weighted by Crippen LogP contribution is -2.22. The van der Waals surface area contributed by atoms with Gasteiger partial charge < -0.3 is 4.90 Å². The Morgan fingerprint density at radius 2 is 2.25 bits per heavy atom. The average molecular weight is 276 g/mol. The molecule has 0 spiro atoms. The Morgan fingerprint density at radius 3 is 2.75 bits per heavy atom. The van der Waals surface area contributed by atoms with Crippen LogP contribution < -0.4 is 0 Å². The molecule has 0 unspecified atom stereocenters. The SMILES string of the molecule is CN(C)C(=O)c1cc(I)ccn1. The summed E-state index contributed by atoms with van der Waals surface area (Å²) in [6.07, 6.45) is 1.64. The summed E-state index contributed by atoms with van der Waals surface area (Å²) in [7, 11) is 3.42. The molecule has 0 aliphatic carbocycles. The smallest absolute Gasteiger partial charge is 0.271 e. The number of pyridine rings is 1. The zero-order chi connectivity index (χ0) is 9.14. The van der Waals surface area contributed by atoms with Gasteiger partial charge in [-0.05, 0) is 34.7 Å². The van der Waals surface area contributed by atoms with Crippen LogP contribution in [0.5, 0.6) is 0 Å². The van der Waals surface area contributed by atoms with Crippen molar-refractivity contribution < 1.29 is 4.79 Å². The highest BCUT2D eigenvalue weighted by molar-refractivity contribution is 14.1. The van der Waals surface area contributed by atoms with Crippen LogP contribution in [0.15, 0.2) is 18.3 Å². The molecule has 0 aromatic carbocycles. The first-order valence-corrected chi connectivity index (χ1v) is 4.52. The summed E-state index contributed by atoms with van der Waals surface area (Å²) in [5.41, 5.74) is 0.493. The van der Waals surface area contributed by atoms with Gasteiger partial charge in [0.2, 0.25) is 0 Å². The number of hydrogen-bond acceptors (Lipinski definition) is 2. The van der Waals surface area contributed by atoms with E-state index < -0.39 is 0 Å². The van der Waals surface area contributed by atoms with Crippen LogP contribution in [0, 0.1) is 3.57 Å². The number of carbonyl (C=O) groups excluding carboxylic acids is 1. The molecular formula is C8H9IN2O. The van der Waals surface area contributed by atoms with Crippen molar-refractivity contribution >= 4 is 28.5 Å². The molecule has 0 atom stereocenters. The molecule has 0 saturated carbocycles. The monoisotopic (exact) mass is 276 g/mol. The molecule has 0 fully saturated rings. The number of carbonyl (C=O) groups is 1. The van der Waals surface area contributed by atoms with Crippen molar-refractivity contribution in [1.82, 2.24) is 9.88 Å². The first kappa shape index (κ1) is 9.44. The molecule has 1 rings (SSSR count). The Morgan fingerprint density at radius 1 is 1.58 bits per heavy atom. The maximum Gasteiger partial charge on any atom is 0.271 e. The van der Waals surface area contributed by atoms with E-state index in [2.05, 4.69) is 27.6 Å². The number of halogens is 1. The molecule has 64 valence electrons. The van der Waals surface area contributed by atoms with E-state index in [0.29, 0.717) is 5.69 Å². The van der Waals surface area contributed by atoms with Gasteiger partial charge in [-0.15, -0.1) is 0 Å². The molecular weight excluding hydrogens is 267 g/mol. The zero-order valence-electron chi connectivity index (χ0n) is 6.91. The summed E-state index contributed by atoms with van der Waals surface area (Å²) in [6, 6.07) is 3.62. The first-order chi connectivity index (χ1) is 5.61. The van der Waals surface area contributed by atoms with Crippen LogP contribution in [-0.2, 0) is 0 Å². The van der Waals surface area contributed by atoms with E-state index in [1.54, 1.807) is 26.4 Å². The minimum absolute atomic E-state index is 0.0616. The van der Waals surface area contributed by atoms with Gasteiger partial charge in [0.1, 0.15) is 5.69 Å². The molecule has 1 amide bonds. The molecule has 0 radical (unpaired) electrons. The standard InChI is InChI=1S/C8H9IN2O/c1-11(2)8(12)7-5-6(9)3-4-10-7/h3-5H,1-2H3. The highest BCUT2D eigenvalue weighted by Crippen LogP contribution is 2.05. The average Bonchev–Trinajstić information content (AvgIpc) is 2.03. The van der Waals surface area contributed by atoms with Gasteiger partial charge in [0.15, 0.2) is 0 Å². The van der Waals surface area contributed by atoms with Gasteiger partial charge >= 0.3 is 0 Å². The fourth-order valence-corrected chi connectivity index (χ4v) is 1.21. The summed E-state index contributed by atoms with van der Waals surface area (Å²) >= 11 is 2.15. The summed E-state index contributed by atoms with van der Waals surface area (Å²) < 4.78 is 1.02. The van der Waals surface area contributed by atoms with Crippen molar-refractivity contribution in [3.63, 3.8) is 0 Å². The van der Waals surface area contributed by atoms with Crippen molar-refractivity contribution in [2.75, 3.05) is 14.1 Å². The lowest BCUT2D eigenvalue weighted by Gasteiger charge is -2.08. The van der Waals surface area contributed by atoms with Crippen LogP contribution in [0.4, 0.5) is 0 Å². The van der Waals surface area contributed by atoms with Gasteiger partial charge in [-0.1, -0.05) is 0 Å². The Kier molecular flexibility index (Phi) is 3.02. The van der Waals surface area contributed by atoms with Crippen LogP contribution in [-0.4, -0.2) is 29.9 Å². The molecule has 0 aliphatic rings. The van der Waals surface area contributed by atoms with Gasteiger partial charge in [-0.2, -0.15) is 0 Å². The van der Waals surface area contributed by atoms with Crippen molar-refractivity contribution in [2.24, 2.45) is 0 Å². The number of amides is 1. The second-order valence-electron chi connectivity index (χ2n) is 2.56.